The number of rotatable bonds is 4. The molecule has 6 heteroatoms. The van der Waals surface area contributed by atoms with Gasteiger partial charge in [-0.15, -0.1) is 12.4 Å². The van der Waals surface area contributed by atoms with Gasteiger partial charge < -0.3 is 15.0 Å². The van der Waals surface area contributed by atoms with Crippen molar-refractivity contribution < 1.29 is 9.53 Å². The molecule has 3 fully saturated rings. The molecule has 3 rings (SSSR count). The highest BCUT2D eigenvalue weighted by Crippen LogP contribution is 2.44. The number of carbonyl (C=O) groups is 1. The van der Waals surface area contributed by atoms with Crippen LogP contribution in [0.15, 0.2) is 0 Å². The van der Waals surface area contributed by atoms with Gasteiger partial charge in [0.05, 0.1) is 18.7 Å². The van der Waals surface area contributed by atoms with Crippen molar-refractivity contribution in [3.05, 3.63) is 0 Å². The summed E-state index contributed by atoms with van der Waals surface area (Å²) < 4.78 is 5.46. The van der Waals surface area contributed by atoms with Crippen molar-refractivity contribution in [2.24, 2.45) is 11.8 Å². The van der Waals surface area contributed by atoms with Gasteiger partial charge in [-0.2, -0.15) is 5.26 Å². The average molecular weight is 344 g/mol. The van der Waals surface area contributed by atoms with E-state index in [0.717, 1.165) is 31.2 Å². The quantitative estimate of drug-likeness (QED) is 0.851. The lowest BCUT2D eigenvalue weighted by atomic mass is 10.0. The summed E-state index contributed by atoms with van der Waals surface area (Å²) in [6.07, 6.45) is 6.92. The Morgan fingerprint density at radius 2 is 1.96 bits per heavy atom. The third kappa shape index (κ3) is 4.37. The summed E-state index contributed by atoms with van der Waals surface area (Å²) in [6.45, 7) is 1.13. The summed E-state index contributed by atoms with van der Waals surface area (Å²) in [4.78, 5) is 13.9. The van der Waals surface area contributed by atoms with Crippen LogP contribution < -0.4 is 5.32 Å². The van der Waals surface area contributed by atoms with Gasteiger partial charge in [-0.05, 0) is 50.4 Å². The van der Waals surface area contributed by atoms with E-state index in [0.29, 0.717) is 18.7 Å². The first kappa shape index (κ1) is 20.2. The molecule has 2 aliphatic carbocycles. The molecule has 0 spiro atoms. The van der Waals surface area contributed by atoms with Gasteiger partial charge in [0.15, 0.2) is 0 Å². The number of hydrogen-bond donors (Lipinski definition) is 1. The second-order valence-electron chi connectivity index (χ2n) is 6.77. The number of carbonyl (C=O) groups excluding carboxylic acids is 1. The minimum absolute atomic E-state index is 0. The topological polar surface area (TPSA) is 65.4 Å². The lowest BCUT2D eigenvalue weighted by molar-refractivity contribution is -0.130. The molecule has 2 unspecified atom stereocenters. The zero-order valence-corrected chi connectivity index (χ0v) is 14.0. The Morgan fingerprint density at radius 1 is 1.30 bits per heavy atom. The average Bonchev–Trinajstić information content (AvgIpc) is 3.17. The fraction of sp³-hybridized carbons (Fsp3) is 0.882. The van der Waals surface area contributed by atoms with E-state index < -0.39 is 0 Å². The Labute approximate surface area is 146 Å². The minimum Gasteiger partial charge on any atom is -0.381 e. The number of nitrogens with zero attached hydrogens (tertiary/aromatic N) is 2. The van der Waals surface area contributed by atoms with E-state index in [1.807, 2.05) is 7.11 Å². The first-order valence-electron chi connectivity index (χ1n) is 8.16. The van der Waals surface area contributed by atoms with Crippen LogP contribution in [0.3, 0.4) is 0 Å². The Hall–Kier alpha value is -0.830. The van der Waals surface area contributed by atoms with Crippen LogP contribution in [0.4, 0.5) is 0 Å². The van der Waals surface area contributed by atoms with Crippen molar-refractivity contribution in [1.29, 1.82) is 5.26 Å². The van der Waals surface area contributed by atoms with Gasteiger partial charge in [0, 0.05) is 19.7 Å². The number of hydrogen-bond acceptors (Lipinski definition) is 4. The van der Waals surface area contributed by atoms with Gasteiger partial charge >= 0.3 is 0 Å². The van der Waals surface area contributed by atoms with E-state index >= 15 is 0 Å². The zero-order chi connectivity index (χ0) is 14.8. The Kier molecular flexibility index (Phi) is 7.79. The summed E-state index contributed by atoms with van der Waals surface area (Å²) >= 11 is 0. The number of methoxy groups -OCH3 is 1. The number of nitrogens with one attached hydrogen (secondary N) is 1. The van der Waals surface area contributed by atoms with E-state index in [4.69, 9.17) is 10.00 Å². The molecule has 1 amide bonds. The maximum Gasteiger partial charge on any atom is 0.237 e. The lowest BCUT2D eigenvalue weighted by Gasteiger charge is -2.21. The Bertz CT molecular complexity index is 426. The van der Waals surface area contributed by atoms with Crippen molar-refractivity contribution >= 4 is 18.3 Å². The van der Waals surface area contributed by atoms with Crippen LogP contribution in [-0.2, 0) is 9.53 Å². The fourth-order valence-corrected chi connectivity index (χ4v) is 4.45. The minimum atomic E-state index is -0.204. The van der Waals surface area contributed by atoms with E-state index in [9.17, 15) is 4.79 Å². The van der Waals surface area contributed by atoms with Crippen LogP contribution in [0.5, 0.6) is 0 Å². The van der Waals surface area contributed by atoms with Gasteiger partial charge in [0.25, 0.3) is 0 Å². The van der Waals surface area contributed by atoms with Crippen molar-refractivity contribution in [2.45, 2.75) is 64.1 Å². The van der Waals surface area contributed by atoms with E-state index in [1.54, 1.807) is 4.90 Å². The van der Waals surface area contributed by atoms with Crippen molar-refractivity contribution in [3.8, 4) is 6.07 Å². The summed E-state index contributed by atoms with van der Waals surface area (Å²) in [5.41, 5.74) is 0. The van der Waals surface area contributed by atoms with Gasteiger partial charge in [-0.25, -0.2) is 0 Å². The Morgan fingerprint density at radius 3 is 2.52 bits per heavy atom. The third-order valence-electron chi connectivity index (χ3n) is 5.57. The summed E-state index contributed by atoms with van der Waals surface area (Å²) in [7, 11) is 1.81. The van der Waals surface area contributed by atoms with Crippen LogP contribution in [-0.4, -0.2) is 49.2 Å². The number of ether oxygens (including phenoxy) is 1. The molecule has 0 aromatic carbocycles. The molecule has 0 aromatic heterocycles. The normalized spacial score (nSPS) is 35.1. The molecular formula is C17H30ClN3O2. The van der Waals surface area contributed by atoms with Crippen molar-refractivity contribution in [2.75, 3.05) is 20.2 Å². The molecule has 2 saturated carbocycles. The highest BCUT2D eigenvalue weighted by atomic mass is 35.5. The number of halogens is 1. The van der Waals surface area contributed by atoms with Gasteiger partial charge in [-0.1, -0.05) is 7.43 Å². The van der Waals surface area contributed by atoms with E-state index in [1.165, 1.54) is 25.7 Å². The molecular weight excluding hydrogens is 314 g/mol. The van der Waals surface area contributed by atoms with Crippen LogP contribution >= 0.6 is 12.4 Å². The zero-order valence-electron chi connectivity index (χ0n) is 13.2. The largest absolute Gasteiger partial charge is 0.381 e. The first-order valence-corrected chi connectivity index (χ1v) is 8.16. The molecule has 5 nitrogen and oxygen atoms in total. The van der Waals surface area contributed by atoms with Gasteiger partial charge in [-0.3, -0.25) is 4.79 Å². The van der Waals surface area contributed by atoms with Crippen LogP contribution in [0.25, 0.3) is 0 Å². The smallest absolute Gasteiger partial charge is 0.237 e. The predicted molar refractivity (Wildman–Crippen MR) is 92.4 cm³/mol. The van der Waals surface area contributed by atoms with Crippen molar-refractivity contribution in [3.63, 3.8) is 0 Å². The molecule has 132 valence electrons. The lowest BCUT2D eigenvalue weighted by Crippen LogP contribution is -2.43. The molecule has 0 bridgehead atoms. The molecule has 0 radical (unpaired) electrons. The second-order valence-corrected chi connectivity index (χ2v) is 6.77. The van der Waals surface area contributed by atoms with Gasteiger partial charge in [0.1, 0.15) is 6.04 Å². The molecule has 23 heavy (non-hydrogen) atoms. The molecule has 1 heterocycles. The highest BCUT2D eigenvalue weighted by Gasteiger charge is 2.41. The number of amides is 1. The molecule has 0 aromatic rings. The first-order chi connectivity index (χ1) is 10.2. The molecule has 1 N–H and O–H groups in total. The third-order valence-corrected chi connectivity index (χ3v) is 5.57. The molecule has 3 aliphatic rings. The summed E-state index contributed by atoms with van der Waals surface area (Å²) in [5.74, 6) is 1.62. The SMILES string of the molecule is C.COC1C[C@H]2CC(NCC(=O)N3CCC[C@H]3C#N)C[C@H]2C1.Cl. The van der Waals surface area contributed by atoms with Crippen LogP contribution in [0, 0.1) is 23.2 Å². The monoisotopic (exact) mass is 343 g/mol. The van der Waals surface area contributed by atoms with E-state index in [-0.39, 0.29) is 31.8 Å². The second kappa shape index (κ2) is 8.86. The molecule has 1 aliphatic heterocycles. The number of likely N-dealkylation sites (tertiary alicyclic amines) is 1. The van der Waals surface area contributed by atoms with Crippen LogP contribution in [0.1, 0.15) is 46.0 Å². The van der Waals surface area contributed by atoms with E-state index in [2.05, 4.69) is 11.4 Å². The highest BCUT2D eigenvalue weighted by molar-refractivity contribution is 5.85. The fourth-order valence-electron chi connectivity index (χ4n) is 4.45. The number of nitriles is 1. The van der Waals surface area contributed by atoms with Gasteiger partial charge in [0.2, 0.25) is 5.91 Å². The maximum absolute atomic E-state index is 12.2. The predicted octanol–water partition coefficient (Wildman–Crippen LogP) is 2.35. The maximum atomic E-state index is 12.2. The number of fused-ring (bicyclic) bond motifs is 1. The standard InChI is InChI=1S/C16H25N3O2.CH4.ClH/c1-21-15-7-11-5-13(6-12(11)8-15)18-10-16(20)19-4-2-3-14(19)9-17;;/h11-15,18H,2-8,10H2,1H3;1H4;1H/t11-,12+,13?,14-,15?;;/m0../s1. The molecule has 5 atom stereocenters. The van der Waals surface area contributed by atoms with Crippen LogP contribution in [0.2, 0.25) is 0 Å². The Balaban J connectivity index is 0.00000132. The summed E-state index contributed by atoms with van der Waals surface area (Å²) in [5, 5.41) is 12.5. The van der Waals surface area contributed by atoms with Crippen molar-refractivity contribution in [1.82, 2.24) is 10.2 Å². The molecule has 1 saturated heterocycles. The summed E-state index contributed by atoms with van der Waals surface area (Å²) in [6, 6.07) is 2.49.